The molecule has 1 aliphatic rings. The SMILES string of the molecule is Cc1nc2sccn2c1CN1CCC[C@@H]1c1cnc(Nc2ccc(C#N)nc2)cn1. The Balaban J connectivity index is 1.31. The predicted molar refractivity (Wildman–Crippen MR) is 114 cm³/mol. The van der Waals surface area contributed by atoms with E-state index in [2.05, 4.69) is 53.1 Å². The van der Waals surface area contributed by atoms with Crippen molar-refractivity contribution in [2.75, 3.05) is 11.9 Å². The summed E-state index contributed by atoms with van der Waals surface area (Å²) in [6.45, 7) is 3.98. The minimum atomic E-state index is 0.256. The lowest BCUT2D eigenvalue weighted by Gasteiger charge is -2.24. The van der Waals surface area contributed by atoms with Crippen molar-refractivity contribution in [3.8, 4) is 6.07 Å². The summed E-state index contributed by atoms with van der Waals surface area (Å²) in [5.74, 6) is 0.654. The van der Waals surface area contributed by atoms with Crippen molar-refractivity contribution in [2.45, 2.75) is 32.4 Å². The molecule has 1 fully saturated rings. The molecule has 5 rings (SSSR count). The maximum absolute atomic E-state index is 8.85. The Labute approximate surface area is 177 Å². The van der Waals surface area contributed by atoms with Gasteiger partial charge in [0.05, 0.1) is 47.4 Å². The van der Waals surface area contributed by atoms with E-state index in [4.69, 9.17) is 5.26 Å². The molecule has 0 saturated carbocycles. The van der Waals surface area contributed by atoms with Crippen LogP contribution < -0.4 is 5.32 Å². The van der Waals surface area contributed by atoms with E-state index in [1.807, 2.05) is 12.3 Å². The second kappa shape index (κ2) is 7.82. The van der Waals surface area contributed by atoms with Crippen LogP contribution in [0.4, 0.5) is 11.5 Å². The Bertz CT molecular complexity index is 1200. The molecule has 0 aliphatic carbocycles. The first-order valence-electron chi connectivity index (χ1n) is 9.81. The van der Waals surface area contributed by atoms with Crippen molar-refractivity contribution < 1.29 is 0 Å². The van der Waals surface area contributed by atoms with Gasteiger partial charge in [-0.05, 0) is 38.4 Å². The molecule has 1 saturated heterocycles. The number of thiazole rings is 1. The van der Waals surface area contributed by atoms with Crippen LogP contribution in [0.15, 0.2) is 42.3 Å². The van der Waals surface area contributed by atoms with Gasteiger partial charge in [-0.25, -0.2) is 15.0 Å². The highest BCUT2D eigenvalue weighted by atomic mass is 32.1. The summed E-state index contributed by atoms with van der Waals surface area (Å²) in [7, 11) is 0. The second-order valence-corrected chi connectivity index (χ2v) is 8.20. The molecule has 8 nitrogen and oxygen atoms in total. The number of fused-ring (bicyclic) bond motifs is 1. The Morgan fingerprint density at radius 2 is 2.17 bits per heavy atom. The fourth-order valence-electron chi connectivity index (χ4n) is 3.93. The summed E-state index contributed by atoms with van der Waals surface area (Å²) in [5, 5.41) is 14.1. The number of aryl methyl sites for hydroxylation is 1. The number of imidazole rings is 1. The Morgan fingerprint density at radius 1 is 1.23 bits per heavy atom. The number of hydrogen-bond donors (Lipinski definition) is 1. The number of nitriles is 1. The van der Waals surface area contributed by atoms with Gasteiger partial charge in [0.25, 0.3) is 0 Å². The van der Waals surface area contributed by atoms with E-state index in [-0.39, 0.29) is 6.04 Å². The van der Waals surface area contributed by atoms with E-state index < -0.39 is 0 Å². The summed E-state index contributed by atoms with van der Waals surface area (Å²) >= 11 is 1.67. The Morgan fingerprint density at radius 3 is 2.93 bits per heavy atom. The van der Waals surface area contributed by atoms with Crippen molar-refractivity contribution in [1.29, 1.82) is 5.26 Å². The second-order valence-electron chi connectivity index (χ2n) is 7.32. The molecule has 0 radical (unpaired) electrons. The van der Waals surface area contributed by atoms with Crippen LogP contribution in [-0.2, 0) is 6.54 Å². The predicted octanol–water partition coefficient (Wildman–Crippen LogP) is 3.84. The molecule has 4 aromatic heterocycles. The summed E-state index contributed by atoms with van der Waals surface area (Å²) in [5.41, 5.74) is 4.48. The van der Waals surface area contributed by atoms with Gasteiger partial charge in [-0.15, -0.1) is 11.3 Å². The molecule has 1 aliphatic heterocycles. The molecule has 1 N–H and O–H groups in total. The molecule has 30 heavy (non-hydrogen) atoms. The van der Waals surface area contributed by atoms with Crippen LogP contribution in [0.25, 0.3) is 4.96 Å². The number of hydrogen-bond acceptors (Lipinski definition) is 8. The quantitative estimate of drug-likeness (QED) is 0.528. The highest BCUT2D eigenvalue weighted by molar-refractivity contribution is 7.15. The van der Waals surface area contributed by atoms with E-state index >= 15 is 0 Å². The number of anilines is 2. The first-order chi connectivity index (χ1) is 14.7. The third-order valence-electron chi connectivity index (χ3n) is 5.44. The van der Waals surface area contributed by atoms with Gasteiger partial charge in [-0.2, -0.15) is 5.26 Å². The molecule has 4 aromatic rings. The molecule has 9 heteroatoms. The summed E-state index contributed by atoms with van der Waals surface area (Å²) in [4.78, 5) is 21.5. The van der Waals surface area contributed by atoms with Crippen LogP contribution in [0, 0.1) is 18.3 Å². The van der Waals surface area contributed by atoms with Gasteiger partial charge in [0.15, 0.2) is 4.96 Å². The topological polar surface area (TPSA) is 95.0 Å². The Hall–Kier alpha value is -3.35. The van der Waals surface area contributed by atoms with Crippen molar-refractivity contribution >= 4 is 27.8 Å². The average molecular weight is 417 g/mol. The zero-order valence-electron chi connectivity index (χ0n) is 16.5. The van der Waals surface area contributed by atoms with Crippen LogP contribution in [0.2, 0.25) is 0 Å². The van der Waals surface area contributed by atoms with Gasteiger partial charge in [0.1, 0.15) is 17.6 Å². The lowest BCUT2D eigenvalue weighted by atomic mass is 10.1. The molecule has 1 atom stereocenters. The highest BCUT2D eigenvalue weighted by Crippen LogP contribution is 2.33. The lowest BCUT2D eigenvalue weighted by molar-refractivity contribution is 0.240. The minimum absolute atomic E-state index is 0.256. The maximum atomic E-state index is 8.85. The van der Waals surface area contributed by atoms with Gasteiger partial charge in [0.2, 0.25) is 0 Å². The van der Waals surface area contributed by atoms with Gasteiger partial charge >= 0.3 is 0 Å². The summed E-state index contributed by atoms with van der Waals surface area (Å²) < 4.78 is 2.19. The smallest absolute Gasteiger partial charge is 0.194 e. The number of likely N-dealkylation sites (tertiary alicyclic amines) is 1. The van der Waals surface area contributed by atoms with Crippen LogP contribution in [-0.4, -0.2) is 35.8 Å². The van der Waals surface area contributed by atoms with Crippen LogP contribution in [0.3, 0.4) is 0 Å². The van der Waals surface area contributed by atoms with Crippen molar-refractivity contribution in [3.63, 3.8) is 0 Å². The highest BCUT2D eigenvalue weighted by Gasteiger charge is 2.28. The minimum Gasteiger partial charge on any atom is -0.338 e. The van der Waals surface area contributed by atoms with E-state index in [0.717, 1.165) is 48.0 Å². The first kappa shape index (κ1) is 18.7. The van der Waals surface area contributed by atoms with Gasteiger partial charge in [0, 0.05) is 18.1 Å². The standard InChI is InChI=1S/C21H20N8S/c1-14-19(29-7-8-30-21(29)26-14)13-28-6-2-3-18(28)17-11-25-20(12-24-17)27-16-5-4-15(9-22)23-10-16/h4-5,7-8,10-12,18H,2-3,6,13H2,1H3,(H,25,27)/t18-/m1/s1. The van der Waals surface area contributed by atoms with E-state index in [0.29, 0.717) is 11.5 Å². The third-order valence-corrected chi connectivity index (χ3v) is 6.20. The zero-order chi connectivity index (χ0) is 20.5. The fraction of sp³-hybridized carbons (Fsp3) is 0.286. The molecular weight excluding hydrogens is 396 g/mol. The molecule has 0 bridgehead atoms. The Kier molecular flexibility index (Phi) is 4.86. The molecule has 0 aromatic carbocycles. The van der Waals surface area contributed by atoms with E-state index in [1.54, 1.807) is 35.9 Å². The summed E-state index contributed by atoms with van der Waals surface area (Å²) in [6.07, 6.45) is 9.54. The molecule has 0 unspecified atom stereocenters. The lowest BCUT2D eigenvalue weighted by Crippen LogP contribution is -2.24. The van der Waals surface area contributed by atoms with Crippen LogP contribution in [0.1, 0.15) is 41.7 Å². The van der Waals surface area contributed by atoms with Crippen LogP contribution >= 0.6 is 11.3 Å². The number of nitrogens with zero attached hydrogens (tertiary/aromatic N) is 7. The van der Waals surface area contributed by atoms with Crippen LogP contribution in [0.5, 0.6) is 0 Å². The molecule has 0 spiro atoms. The third kappa shape index (κ3) is 3.51. The van der Waals surface area contributed by atoms with Crippen molar-refractivity contribution in [1.82, 2.24) is 29.2 Å². The number of aromatic nitrogens is 5. The molecular formula is C21H20N8S. The van der Waals surface area contributed by atoms with Gasteiger partial charge < -0.3 is 5.32 Å². The fourth-order valence-corrected chi connectivity index (χ4v) is 4.71. The van der Waals surface area contributed by atoms with E-state index in [1.165, 1.54) is 5.69 Å². The molecule has 5 heterocycles. The largest absolute Gasteiger partial charge is 0.338 e. The van der Waals surface area contributed by atoms with Crippen molar-refractivity contribution in [2.24, 2.45) is 0 Å². The average Bonchev–Trinajstić information content (AvgIpc) is 3.48. The molecule has 0 amide bonds. The van der Waals surface area contributed by atoms with Gasteiger partial charge in [-0.1, -0.05) is 0 Å². The van der Waals surface area contributed by atoms with Gasteiger partial charge in [-0.3, -0.25) is 14.3 Å². The maximum Gasteiger partial charge on any atom is 0.194 e. The number of pyridine rings is 1. The van der Waals surface area contributed by atoms with E-state index in [9.17, 15) is 0 Å². The van der Waals surface area contributed by atoms with Crippen molar-refractivity contribution in [3.05, 3.63) is 65.1 Å². The zero-order valence-corrected chi connectivity index (χ0v) is 17.3. The number of nitrogens with one attached hydrogen (secondary N) is 1. The normalized spacial score (nSPS) is 16.7. The number of rotatable bonds is 5. The monoisotopic (exact) mass is 416 g/mol. The molecule has 150 valence electrons. The summed E-state index contributed by atoms with van der Waals surface area (Å²) in [6, 6.07) is 5.74. The first-order valence-corrected chi connectivity index (χ1v) is 10.7.